The lowest BCUT2D eigenvalue weighted by molar-refractivity contribution is -0.206. The van der Waals surface area contributed by atoms with Crippen molar-refractivity contribution >= 4 is 17.7 Å². The largest absolute Gasteiger partial charge is 0.468 e. The van der Waals surface area contributed by atoms with Crippen LogP contribution in [-0.4, -0.2) is 54.9 Å². The second kappa shape index (κ2) is 12.0. The molecule has 0 spiro atoms. The minimum absolute atomic E-state index is 0.0705. The molecule has 1 N–H and O–H groups in total. The lowest BCUT2D eigenvalue weighted by atomic mass is 9.42. The van der Waals surface area contributed by atoms with Crippen LogP contribution in [-0.2, 0) is 28.6 Å². The Bertz CT molecular complexity index is 1170. The number of ether oxygens (including phenoxy) is 3. The van der Waals surface area contributed by atoms with Gasteiger partial charge in [-0.3, -0.25) is 14.4 Å². The minimum atomic E-state index is -0.985. The number of ketones is 1. The van der Waals surface area contributed by atoms with Crippen LogP contribution in [0.15, 0.2) is 47.1 Å². The van der Waals surface area contributed by atoms with Crippen molar-refractivity contribution < 1.29 is 33.7 Å². The molecule has 3 fully saturated rings. The number of esters is 2. The molecule has 7 atom stereocenters. The van der Waals surface area contributed by atoms with E-state index in [0.29, 0.717) is 12.8 Å². The highest BCUT2D eigenvalue weighted by Gasteiger charge is 2.68. The third-order valence-corrected chi connectivity index (χ3v) is 10.4. The fourth-order valence-electron chi connectivity index (χ4n) is 8.45. The molecule has 0 aromatic rings. The van der Waals surface area contributed by atoms with Crippen molar-refractivity contribution in [2.75, 3.05) is 14.2 Å². The zero-order valence-electron chi connectivity index (χ0n) is 26.6. The molecule has 3 aliphatic carbocycles. The normalized spacial score (nSPS) is 36.2. The van der Waals surface area contributed by atoms with E-state index in [2.05, 4.69) is 13.8 Å². The van der Waals surface area contributed by atoms with Gasteiger partial charge < -0.3 is 19.3 Å². The summed E-state index contributed by atoms with van der Waals surface area (Å²) in [7, 11) is 2.96. The molecule has 3 aliphatic rings. The predicted molar refractivity (Wildman–Crippen MR) is 159 cm³/mol. The maximum Gasteiger partial charge on any atom is 0.315 e. The fraction of sp³-hybridized carbons (Fsp3) is 0.676. The first kappa shape index (κ1) is 33.0. The number of carbonyl (C=O) groups excluding carboxylic acids is 3. The monoisotopic (exact) mass is 570 g/mol. The van der Waals surface area contributed by atoms with Crippen molar-refractivity contribution in [1.82, 2.24) is 0 Å². The average Bonchev–Trinajstić information content (AvgIpc) is 3.15. The molecule has 0 aromatic heterocycles. The van der Waals surface area contributed by atoms with E-state index in [1.54, 1.807) is 21.0 Å². The molecule has 3 rings (SSSR count). The third-order valence-electron chi connectivity index (χ3n) is 10.4. The minimum Gasteiger partial charge on any atom is -0.468 e. The van der Waals surface area contributed by atoms with Crippen LogP contribution in [0.25, 0.3) is 0 Å². The zero-order chi connectivity index (χ0) is 31.0. The molecule has 41 heavy (non-hydrogen) atoms. The van der Waals surface area contributed by atoms with Crippen LogP contribution in [0.4, 0.5) is 0 Å². The summed E-state index contributed by atoms with van der Waals surface area (Å²) in [5.74, 6) is -0.558. The number of carbonyl (C=O) groups is 3. The summed E-state index contributed by atoms with van der Waals surface area (Å²) < 4.78 is 16.4. The summed E-state index contributed by atoms with van der Waals surface area (Å²) in [4.78, 5) is 38.9. The average molecular weight is 571 g/mol. The lowest BCUT2D eigenvalue weighted by Crippen LogP contribution is -2.62. The van der Waals surface area contributed by atoms with Crippen molar-refractivity contribution in [1.29, 1.82) is 0 Å². The van der Waals surface area contributed by atoms with E-state index in [1.165, 1.54) is 14.0 Å². The first-order valence-electron chi connectivity index (χ1n) is 14.7. The van der Waals surface area contributed by atoms with Gasteiger partial charge in [0, 0.05) is 31.4 Å². The molecule has 0 amide bonds. The van der Waals surface area contributed by atoms with E-state index in [1.807, 2.05) is 51.2 Å². The Morgan fingerprint density at radius 2 is 1.68 bits per heavy atom. The fourth-order valence-corrected chi connectivity index (χ4v) is 8.45. The molecular formula is C34H50O7. The van der Waals surface area contributed by atoms with Crippen molar-refractivity contribution in [3.63, 3.8) is 0 Å². The summed E-state index contributed by atoms with van der Waals surface area (Å²) in [5, 5.41) is 10.2. The molecule has 0 bridgehead atoms. The number of Topliss-reactive ketones (excluding diaryl/α,β-unsaturated/α-hetero) is 1. The molecule has 0 heterocycles. The maximum absolute atomic E-state index is 13.6. The van der Waals surface area contributed by atoms with Crippen LogP contribution in [0.5, 0.6) is 0 Å². The molecule has 0 aromatic carbocycles. The van der Waals surface area contributed by atoms with Gasteiger partial charge in [-0.25, -0.2) is 0 Å². The van der Waals surface area contributed by atoms with Gasteiger partial charge >= 0.3 is 11.9 Å². The van der Waals surface area contributed by atoms with Gasteiger partial charge in [-0.2, -0.15) is 0 Å². The third kappa shape index (κ3) is 6.03. The topological polar surface area (TPSA) is 99.1 Å². The first-order valence-corrected chi connectivity index (χ1v) is 14.7. The summed E-state index contributed by atoms with van der Waals surface area (Å²) in [6, 6.07) is 0. The Morgan fingerprint density at radius 3 is 2.24 bits per heavy atom. The molecule has 0 radical (unpaired) electrons. The molecule has 3 saturated carbocycles. The first-order chi connectivity index (χ1) is 19.0. The van der Waals surface area contributed by atoms with Crippen molar-refractivity contribution in [2.45, 2.75) is 105 Å². The van der Waals surface area contributed by atoms with Crippen LogP contribution in [0.3, 0.4) is 0 Å². The lowest BCUT2D eigenvalue weighted by Gasteiger charge is -2.61. The van der Waals surface area contributed by atoms with Gasteiger partial charge in [0.05, 0.1) is 12.7 Å². The maximum atomic E-state index is 13.6. The molecule has 0 aliphatic heterocycles. The Morgan fingerprint density at radius 1 is 1.02 bits per heavy atom. The van der Waals surface area contributed by atoms with Crippen LogP contribution < -0.4 is 0 Å². The zero-order valence-corrected chi connectivity index (χ0v) is 26.6. The predicted octanol–water partition coefficient (Wildman–Crippen LogP) is 6.06. The molecule has 228 valence electrons. The second-order valence-corrected chi connectivity index (χ2v) is 13.6. The van der Waals surface area contributed by atoms with Crippen LogP contribution >= 0.6 is 0 Å². The van der Waals surface area contributed by atoms with Crippen LogP contribution in [0.2, 0.25) is 0 Å². The highest BCUT2D eigenvalue weighted by Crippen LogP contribution is 2.69. The molecule has 0 unspecified atom stereocenters. The number of methoxy groups -OCH3 is 2. The molecule has 0 saturated heterocycles. The van der Waals surface area contributed by atoms with Gasteiger partial charge in [-0.15, -0.1) is 0 Å². The van der Waals surface area contributed by atoms with Gasteiger partial charge in [0.25, 0.3) is 0 Å². The molecule has 7 heteroatoms. The number of hydrogen-bond donors (Lipinski definition) is 1. The van der Waals surface area contributed by atoms with E-state index in [0.717, 1.165) is 36.0 Å². The number of fused-ring (bicyclic) bond motifs is 3. The van der Waals surface area contributed by atoms with Gasteiger partial charge in [-0.05, 0) is 83.1 Å². The van der Waals surface area contributed by atoms with Crippen molar-refractivity contribution in [3.05, 3.63) is 47.1 Å². The summed E-state index contributed by atoms with van der Waals surface area (Å²) in [6.45, 7) is 15.1. The summed E-state index contributed by atoms with van der Waals surface area (Å²) >= 11 is 0. The van der Waals surface area contributed by atoms with Gasteiger partial charge in [0.2, 0.25) is 0 Å². The number of aliphatic hydroxyl groups is 1. The Balaban J connectivity index is 1.92. The summed E-state index contributed by atoms with van der Waals surface area (Å²) in [6.07, 6.45) is 12.1. The van der Waals surface area contributed by atoms with Gasteiger partial charge in [0.1, 0.15) is 17.6 Å². The Hall–Kier alpha value is -2.51. The SMILES string of the molecule is COC(=O)[C@]1(C)[C@@H]2CC[C@]3(C)\C(=C(C)/C=C/C=C(C)/C=C/[C@H](OC)C(C)(C)O)C(=O)C[C@@H]3[C@@]2(C)CC[C@H]1OC(C)=O. The molecule has 7 nitrogen and oxygen atoms in total. The van der Waals surface area contributed by atoms with E-state index in [9.17, 15) is 19.5 Å². The number of allylic oxidation sites excluding steroid dienone is 7. The Kier molecular flexibility index (Phi) is 9.66. The highest BCUT2D eigenvalue weighted by molar-refractivity contribution is 6.01. The van der Waals surface area contributed by atoms with Crippen LogP contribution in [0.1, 0.15) is 87.5 Å². The van der Waals surface area contributed by atoms with E-state index in [-0.39, 0.29) is 34.4 Å². The van der Waals surface area contributed by atoms with Gasteiger partial charge in [-0.1, -0.05) is 49.8 Å². The summed E-state index contributed by atoms with van der Waals surface area (Å²) in [5.41, 5.74) is 0.302. The second-order valence-electron chi connectivity index (χ2n) is 13.6. The van der Waals surface area contributed by atoms with Crippen LogP contribution in [0, 0.1) is 28.1 Å². The quantitative estimate of drug-likeness (QED) is 0.215. The number of hydrogen-bond acceptors (Lipinski definition) is 7. The van der Waals surface area contributed by atoms with Gasteiger partial charge in [0.15, 0.2) is 5.78 Å². The van der Waals surface area contributed by atoms with Crippen molar-refractivity contribution in [3.8, 4) is 0 Å². The van der Waals surface area contributed by atoms with E-state index >= 15 is 0 Å². The van der Waals surface area contributed by atoms with E-state index < -0.39 is 29.2 Å². The van der Waals surface area contributed by atoms with E-state index in [4.69, 9.17) is 14.2 Å². The smallest absolute Gasteiger partial charge is 0.315 e. The van der Waals surface area contributed by atoms with Crippen molar-refractivity contribution in [2.24, 2.45) is 28.1 Å². The molecular weight excluding hydrogens is 520 g/mol. The Labute approximate surface area is 246 Å². The highest BCUT2D eigenvalue weighted by atomic mass is 16.6. The number of rotatable bonds is 8. The standard InChI is InChI=1S/C34H50O7/c1-21(14-15-27(39-9)31(4,5)38)12-11-13-22(2)29-24(36)20-26-32(6)19-17-28(41-23(3)35)34(8,30(37)40-10)25(32)16-18-33(26,29)7/h11-15,25-28,38H,16-20H2,1-10H3/b13-11+,15-14+,21-12+,29-22-/t25-,26-,27+,28-,32+,33+,34-/m1/s1.